The second kappa shape index (κ2) is 13.8. The lowest BCUT2D eigenvalue weighted by Gasteiger charge is -2.14. The third kappa shape index (κ3) is 7.74. The van der Waals surface area contributed by atoms with E-state index in [-0.39, 0.29) is 0 Å². The molecule has 3 rings (SSSR count). The van der Waals surface area contributed by atoms with Gasteiger partial charge in [-0.1, -0.05) is 141 Å². The number of benzene rings is 2. The number of hydrogen-bond donors (Lipinski definition) is 0. The molecule has 2 aromatic carbocycles. The summed E-state index contributed by atoms with van der Waals surface area (Å²) in [6.45, 7) is 2.30. The molecule has 0 fully saturated rings. The molecule has 170 valence electrons. The van der Waals surface area contributed by atoms with Crippen molar-refractivity contribution >= 4 is 31.9 Å². The number of hydrogen-bond acceptors (Lipinski definition) is 0. The van der Waals surface area contributed by atoms with Crippen molar-refractivity contribution in [2.24, 2.45) is 0 Å². The van der Waals surface area contributed by atoms with Gasteiger partial charge >= 0.3 is 0 Å². The van der Waals surface area contributed by atoms with Crippen LogP contribution in [0.25, 0.3) is 11.1 Å². The Kier molecular flexibility index (Phi) is 11.2. The molecule has 0 aromatic heterocycles. The van der Waals surface area contributed by atoms with Crippen LogP contribution in [-0.2, 0) is 0 Å². The molecule has 0 bridgehead atoms. The van der Waals surface area contributed by atoms with Crippen LogP contribution in [0.5, 0.6) is 0 Å². The van der Waals surface area contributed by atoms with Crippen molar-refractivity contribution in [3.8, 4) is 11.1 Å². The van der Waals surface area contributed by atoms with E-state index in [9.17, 15) is 0 Å². The molecule has 0 N–H and O–H groups in total. The van der Waals surface area contributed by atoms with E-state index in [4.69, 9.17) is 0 Å². The number of fused-ring (bicyclic) bond motifs is 3. The second-order valence-electron chi connectivity index (χ2n) is 9.40. The summed E-state index contributed by atoms with van der Waals surface area (Å²) in [5.74, 6) is 0.553. The van der Waals surface area contributed by atoms with Crippen LogP contribution in [0, 0.1) is 0 Å². The van der Waals surface area contributed by atoms with E-state index in [0.29, 0.717) is 5.92 Å². The van der Waals surface area contributed by atoms with Crippen LogP contribution in [-0.4, -0.2) is 0 Å². The molecule has 0 saturated carbocycles. The van der Waals surface area contributed by atoms with E-state index in [2.05, 4.69) is 75.2 Å². The fourth-order valence-electron chi connectivity index (χ4n) is 5.16. The lowest BCUT2D eigenvalue weighted by molar-refractivity contribution is 0.528. The predicted octanol–water partition coefficient (Wildman–Crippen LogP) is 11.2. The highest BCUT2D eigenvalue weighted by Crippen LogP contribution is 2.48. The van der Waals surface area contributed by atoms with Crippen molar-refractivity contribution in [2.45, 2.75) is 109 Å². The highest BCUT2D eigenvalue weighted by atomic mass is 79.9. The van der Waals surface area contributed by atoms with Gasteiger partial charge in [0.05, 0.1) is 0 Å². The predicted molar refractivity (Wildman–Crippen MR) is 144 cm³/mol. The minimum absolute atomic E-state index is 0.553. The maximum Gasteiger partial charge on any atom is 0.0178 e. The Morgan fingerprint density at radius 2 is 0.935 bits per heavy atom. The van der Waals surface area contributed by atoms with Gasteiger partial charge in [0.15, 0.2) is 0 Å². The van der Waals surface area contributed by atoms with E-state index < -0.39 is 0 Å². The summed E-state index contributed by atoms with van der Waals surface area (Å²) in [5.41, 5.74) is 5.89. The van der Waals surface area contributed by atoms with E-state index >= 15 is 0 Å². The molecule has 2 aromatic rings. The van der Waals surface area contributed by atoms with Crippen LogP contribution >= 0.6 is 31.9 Å². The van der Waals surface area contributed by atoms with Crippen LogP contribution in [0.1, 0.15) is 120 Å². The summed E-state index contributed by atoms with van der Waals surface area (Å²) >= 11 is 7.38. The van der Waals surface area contributed by atoms with Gasteiger partial charge in [0.2, 0.25) is 0 Å². The average Bonchev–Trinajstić information content (AvgIpc) is 3.05. The van der Waals surface area contributed by atoms with Gasteiger partial charge in [0, 0.05) is 14.9 Å². The summed E-state index contributed by atoms with van der Waals surface area (Å²) in [7, 11) is 0. The zero-order valence-corrected chi connectivity index (χ0v) is 22.6. The first kappa shape index (κ1) is 25.0. The highest BCUT2D eigenvalue weighted by molar-refractivity contribution is 9.10. The Hall–Kier alpha value is -0.600. The summed E-state index contributed by atoms with van der Waals surface area (Å²) < 4.78 is 2.40. The molecule has 1 aliphatic rings. The first-order valence-corrected chi connectivity index (χ1v) is 14.4. The van der Waals surface area contributed by atoms with Gasteiger partial charge in [-0.25, -0.2) is 0 Å². The lowest BCUT2D eigenvalue weighted by Crippen LogP contribution is -1.97. The molecule has 0 unspecified atom stereocenters. The minimum Gasteiger partial charge on any atom is -0.0654 e. The standard InChI is InChI=1S/C29H40Br2/c1-2-3-4-5-6-7-8-9-10-11-12-13-14-15-16-25-28-21-23(30)17-19-26(28)27-20-18-24(31)22-29(25)27/h17-22,25H,2-16H2,1H3. The van der Waals surface area contributed by atoms with Crippen LogP contribution in [0.3, 0.4) is 0 Å². The maximum atomic E-state index is 3.69. The minimum atomic E-state index is 0.553. The molecule has 0 radical (unpaired) electrons. The van der Waals surface area contributed by atoms with E-state index in [1.807, 2.05) is 0 Å². The van der Waals surface area contributed by atoms with Gasteiger partial charge in [-0.05, 0) is 52.9 Å². The normalized spacial score (nSPS) is 12.9. The number of unbranched alkanes of at least 4 members (excludes halogenated alkanes) is 13. The SMILES string of the molecule is CCCCCCCCCCCCCCCCC1c2cc(Br)ccc2-c2ccc(Br)cc21. The lowest BCUT2D eigenvalue weighted by atomic mass is 9.91. The third-order valence-electron chi connectivity index (χ3n) is 6.91. The molecule has 0 atom stereocenters. The second-order valence-corrected chi connectivity index (χ2v) is 11.2. The van der Waals surface area contributed by atoms with Gasteiger partial charge in [0.1, 0.15) is 0 Å². The molecular weight excluding hydrogens is 508 g/mol. The molecule has 31 heavy (non-hydrogen) atoms. The largest absolute Gasteiger partial charge is 0.0654 e. The van der Waals surface area contributed by atoms with Crippen molar-refractivity contribution in [1.82, 2.24) is 0 Å². The third-order valence-corrected chi connectivity index (χ3v) is 7.90. The number of halogens is 2. The van der Waals surface area contributed by atoms with Crippen molar-refractivity contribution in [1.29, 1.82) is 0 Å². The first-order chi connectivity index (χ1) is 15.2. The fourth-order valence-corrected chi connectivity index (χ4v) is 5.91. The van der Waals surface area contributed by atoms with Crippen molar-refractivity contribution in [3.05, 3.63) is 56.5 Å². The summed E-state index contributed by atoms with van der Waals surface area (Å²) in [6.07, 6.45) is 21.2. The van der Waals surface area contributed by atoms with E-state index in [0.717, 1.165) is 0 Å². The zero-order valence-electron chi connectivity index (χ0n) is 19.4. The molecule has 0 saturated heterocycles. The number of rotatable bonds is 15. The fraction of sp³-hybridized carbons (Fsp3) is 0.586. The van der Waals surface area contributed by atoms with Gasteiger partial charge in [-0.15, -0.1) is 0 Å². The Bertz CT molecular complexity index is 744. The highest BCUT2D eigenvalue weighted by Gasteiger charge is 2.28. The van der Waals surface area contributed by atoms with Gasteiger partial charge in [0.25, 0.3) is 0 Å². The van der Waals surface area contributed by atoms with E-state index in [1.165, 1.54) is 128 Å². The van der Waals surface area contributed by atoms with Gasteiger partial charge in [-0.2, -0.15) is 0 Å². The molecule has 0 spiro atoms. The summed E-state index contributed by atoms with van der Waals surface area (Å²) in [4.78, 5) is 0. The molecule has 0 aliphatic heterocycles. The molecule has 0 nitrogen and oxygen atoms in total. The Balaban J connectivity index is 1.31. The van der Waals surface area contributed by atoms with Gasteiger partial charge < -0.3 is 0 Å². The zero-order chi connectivity index (χ0) is 21.9. The van der Waals surface area contributed by atoms with Gasteiger partial charge in [-0.3, -0.25) is 0 Å². The topological polar surface area (TPSA) is 0 Å². The summed E-state index contributed by atoms with van der Waals surface area (Å²) in [6, 6.07) is 13.6. The maximum absolute atomic E-state index is 3.69. The van der Waals surface area contributed by atoms with Crippen molar-refractivity contribution < 1.29 is 0 Å². The summed E-state index contributed by atoms with van der Waals surface area (Å²) in [5, 5.41) is 0. The smallest absolute Gasteiger partial charge is 0.0178 e. The monoisotopic (exact) mass is 546 g/mol. The van der Waals surface area contributed by atoms with Crippen molar-refractivity contribution in [2.75, 3.05) is 0 Å². The quantitative estimate of drug-likeness (QED) is 0.194. The molecular formula is C29H40Br2. The molecule has 2 heteroatoms. The van der Waals surface area contributed by atoms with Crippen molar-refractivity contribution in [3.63, 3.8) is 0 Å². The molecule has 0 amide bonds. The Labute approximate surface area is 207 Å². The van der Waals surface area contributed by atoms with Crippen LogP contribution in [0.2, 0.25) is 0 Å². The van der Waals surface area contributed by atoms with Crippen LogP contribution in [0.15, 0.2) is 45.3 Å². The molecule has 1 aliphatic carbocycles. The Morgan fingerprint density at radius 3 is 1.35 bits per heavy atom. The van der Waals surface area contributed by atoms with Crippen LogP contribution in [0.4, 0.5) is 0 Å². The Morgan fingerprint density at radius 1 is 0.548 bits per heavy atom. The average molecular weight is 548 g/mol. The van der Waals surface area contributed by atoms with E-state index in [1.54, 1.807) is 0 Å². The first-order valence-electron chi connectivity index (χ1n) is 12.8. The molecule has 0 heterocycles. The van der Waals surface area contributed by atoms with Crippen LogP contribution < -0.4 is 0 Å².